The summed E-state index contributed by atoms with van der Waals surface area (Å²) in [5.74, 6) is 0.205. The Morgan fingerprint density at radius 2 is 2.02 bits per heavy atom. The van der Waals surface area contributed by atoms with Gasteiger partial charge in [-0.15, -0.1) is 0 Å². The number of benzene rings is 1. The van der Waals surface area contributed by atoms with Crippen molar-refractivity contribution < 1.29 is 37.7 Å². The van der Waals surface area contributed by atoms with Gasteiger partial charge in [-0.05, 0) is 59.2 Å². The van der Waals surface area contributed by atoms with Gasteiger partial charge in [0, 0.05) is 4.91 Å². The number of azide groups is 1. The van der Waals surface area contributed by atoms with Crippen LogP contribution in [0.5, 0.6) is 11.6 Å². The highest BCUT2D eigenvalue weighted by molar-refractivity contribution is 7.52. The molecule has 1 saturated heterocycles. The van der Waals surface area contributed by atoms with Crippen molar-refractivity contribution in [2.75, 3.05) is 13.2 Å². The molecular formula is C26H35N8O8P. The van der Waals surface area contributed by atoms with Crippen molar-refractivity contribution in [1.82, 2.24) is 24.6 Å². The summed E-state index contributed by atoms with van der Waals surface area (Å²) in [4.78, 5) is 28.5. The van der Waals surface area contributed by atoms with Crippen LogP contribution in [-0.2, 0) is 23.4 Å². The first-order chi connectivity index (χ1) is 20.4. The van der Waals surface area contributed by atoms with E-state index in [0.717, 1.165) is 0 Å². The smallest absolute Gasteiger partial charge is 0.459 e. The van der Waals surface area contributed by atoms with Gasteiger partial charge >= 0.3 is 13.7 Å². The largest absolute Gasteiger partial charge is 0.476 e. The molecule has 0 amide bonds. The third kappa shape index (κ3) is 7.07. The lowest BCUT2D eigenvalue weighted by Crippen LogP contribution is -2.43. The van der Waals surface area contributed by atoms with Crippen molar-refractivity contribution in [3.63, 3.8) is 0 Å². The molecule has 43 heavy (non-hydrogen) atoms. The van der Waals surface area contributed by atoms with Crippen molar-refractivity contribution in [2.24, 2.45) is 5.11 Å². The second kappa shape index (κ2) is 13.2. The van der Waals surface area contributed by atoms with Crippen LogP contribution in [-0.4, -0.2) is 73.7 Å². The zero-order valence-electron chi connectivity index (χ0n) is 24.6. The van der Waals surface area contributed by atoms with Gasteiger partial charge in [0.1, 0.15) is 29.3 Å². The molecule has 6 atom stereocenters. The predicted octanol–water partition coefficient (Wildman–Crippen LogP) is 3.99. The van der Waals surface area contributed by atoms with E-state index in [2.05, 4.69) is 30.1 Å². The van der Waals surface area contributed by atoms with Crippen LogP contribution in [0.2, 0.25) is 0 Å². The number of ether oxygens (including phenoxy) is 3. The zero-order valence-corrected chi connectivity index (χ0v) is 25.5. The van der Waals surface area contributed by atoms with Gasteiger partial charge in [0.05, 0.1) is 31.7 Å². The van der Waals surface area contributed by atoms with E-state index < -0.39 is 56.4 Å². The Bertz CT molecular complexity index is 1530. The van der Waals surface area contributed by atoms with E-state index in [1.54, 1.807) is 51.1 Å². The number of rotatable bonds is 13. The van der Waals surface area contributed by atoms with E-state index in [1.807, 2.05) is 6.92 Å². The molecule has 4 rings (SSSR count). The number of aryl methyl sites for hydroxylation is 1. The number of nitrogens with zero attached hydrogens (tertiary/aromatic N) is 7. The standard InChI is InChI=1S/C26H35N8O8P/c1-7-38-23-20-22(29-17(5)30-23)34(14-28-20)25-26(6,32-33-27)21(35)19(41-25)13-39-43(37,42-18-11-9-8-10-12-18)31-16(4)24(36)40-15(2)3/h8-12,14-16,19,21,25,35H,7,13H2,1-6H3,(H,31,37)/t16-,19-,21-,25-,26-,43+/m1/s1. The van der Waals surface area contributed by atoms with E-state index in [1.165, 1.54) is 24.7 Å². The SMILES string of the molecule is CCOc1nc(C)nc2c1ncn2[C@@H]1O[C@H](CO[P@@](=O)(N[C@H](C)C(=O)OC(C)C)Oc2ccccc2)[C@@H](O)[C@@]1(C)N=[N+]=[N-]. The van der Waals surface area contributed by atoms with Gasteiger partial charge in [-0.1, -0.05) is 23.3 Å². The Morgan fingerprint density at radius 1 is 1.30 bits per heavy atom. The summed E-state index contributed by atoms with van der Waals surface area (Å²) in [6, 6.07) is 7.15. The summed E-state index contributed by atoms with van der Waals surface area (Å²) in [6.45, 7) is 9.69. The number of aliphatic hydroxyl groups excluding tert-OH is 1. The molecule has 1 aliphatic rings. The fourth-order valence-electron chi connectivity index (χ4n) is 4.49. The Hall–Kier alpha value is -3.78. The number of hydrogen-bond acceptors (Lipinski definition) is 12. The number of hydrogen-bond donors (Lipinski definition) is 2. The van der Waals surface area contributed by atoms with Crippen molar-refractivity contribution in [3.8, 4) is 11.6 Å². The van der Waals surface area contributed by atoms with Crippen LogP contribution in [0.15, 0.2) is 41.8 Å². The highest BCUT2D eigenvalue weighted by Crippen LogP contribution is 2.48. The molecule has 1 fully saturated rings. The van der Waals surface area contributed by atoms with Crippen LogP contribution < -0.4 is 14.3 Å². The number of carbonyl (C=O) groups excluding carboxylic acids is 1. The molecule has 17 heteroatoms. The van der Waals surface area contributed by atoms with E-state index in [-0.39, 0.29) is 11.6 Å². The molecule has 2 N–H and O–H groups in total. The summed E-state index contributed by atoms with van der Waals surface area (Å²) >= 11 is 0. The maximum atomic E-state index is 13.9. The summed E-state index contributed by atoms with van der Waals surface area (Å²) in [5, 5.41) is 17.8. The first kappa shape index (κ1) is 32.1. The number of nitrogens with one attached hydrogen (secondary N) is 1. The Labute approximate surface area is 247 Å². The highest BCUT2D eigenvalue weighted by atomic mass is 31.2. The minimum Gasteiger partial charge on any atom is -0.476 e. The molecule has 0 saturated carbocycles. The van der Waals surface area contributed by atoms with Crippen LogP contribution in [0.3, 0.4) is 0 Å². The molecule has 0 spiro atoms. The normalized spacial score (nSPS) is 23.9. The van der Waals surface area contributed by atoms with Gasteiger partial charge in [-0.25, -0.2) is 14.5 Å². The number of aliphatic hydroxyl groups is 1. The van der Waals surface area contributed by atoms with Gasteiger partial charge in [0.15, 0.2) is 17.4 Å². The maximum Gasteiger partial charge on any atom is 0.459 e. The molecule has 232 valence electrons. The third-order valence-corrected chi connectivity index (χ3v) is 8.13. The topological polar surface area (TPSA) is 205 Å². The third-order valence-electron chi connectivity index (χ3n) is 6.48. The van der Waals surface area contributed by atoms with Crippen molar-refractivity contribution in [2.45, 2.75) is 77.7 Å². The molecule has 3 aromatic rings. The van der Waals surface area contributed by atoms with Crippen LogP contribution in [0.25, 0.3) is 21.6 Å². The van der Waals surface area contributed by atoms with Gasteiger partial charge in [0.2, 0.25) is 5.88 Å². The molecule has 16 nitrogen and oxygen atoms in total. The average Bonchev–Trinajstić information content (AvgIpc) is 3.46. The minimum absolute atomic E-state index is 0.206. The zero-order chi connectivity index (χ0) is 31.4. The predicted molar refractivity (Wildman–Crippen MR) is 153 cm³/mol. The van der Waals surface area contributed by atoms with Gasteiger partial charge in [-0.2, -0.15) is 10.1 Å². The lowest BCUT2D eigenvalue weighted by atomic mass is 9.93. The number of esters is 1. The van der Waals surface area contributed by atoms with Gasteiger partial charge in [0.25, 0.3) is 0 Å². The molecule has 2 aromatic heterocycles. The molecule has 0 aliphatic carbocycles. The van der Waals surface area contributed by atoms with Gasteiger partial charge in [-0.3, -0.25) is 13.9 Å². The van der Waals surface area contributed by atoms with Crippen LogP contribution in [0.1, 0.15) is 46.7 Å². The van der Waals surface area contributed by atoms with E-state index in [9.17, 15) is 20.0 Å². The molecule has 0 unspecified atom stereocenters. The minimum atomic E-state index is -4.27. The molecule has 0 bridgehead atoms. The number of aromatic nitrogens is 4. The second-order valence-corrected chi connectivity index (χ2v) is 11.9. The van der Waals surface area contributed by atoms with E-state index in [0.29, 0.717) is 23.6 Å². The summed E-state index contributed by atoms with van der Waals surface area (Å²) < 4.78 is 43.8. The number of fused-ring (bicyclic) bond motifs is 1. The lowest BCUT2D eigenvalue weighted by Gasteiger charge is -2.28. The molecular weight excluding hydrogens is 583 g/mol. The fourth-order valence-corrected chi connectivity index (χ4v) is 5.99. The quantitative estimate of drug-likeness (QED) is 0.0917. The first-order valence-corrected chi connectivity index (χ1v) is 15.2. The average molecular weight is 619 g/mol. The molecule has 1 aliphatic heterocycles. The number of carbonyl (C=O) groups is 1. The summed E-state index contributed by atoms with van der Waals surface area (Å²) in [7, 11) is -4.27. The van der Waals surface area contributed by atoms with Crippen LogP contribution in [0, 0.1) is 6.92 Å². The summed E-state index contributed by atoms with van der Waals surface area (Å²) in [6.07, 6.45) is -2.70. The van der Waals surface area contributed by atoms with Crippen molar-refractivity contribution in [3.05, 3.63) is 52.9 Å². The maximum absolute atomic E-state index is 13.9. The van der Waals surface area contributed by atoms with Crippen molar-refractivity contribution >= 4 is 24.9 Å². The number of imidazole rings is 1. The summed E-state index contributed by atoms with van der Waals surface area (Å²) in [5.41, 5.74) is 8.49. The molecule has 1 aromatic carbocycles. The number of para-hydroxylation sites is 1. The Morgan fingerprint density at radius 3 is 2.67 bits per heavy atom. The van der Waals surface area contributed by atoms with Gasteiger partial charge < -0.3 is 23.8 Å². The van der Waals surface area contributed by atoms with E-state index in [4.69, 9.17) is 23.3 Å². The molecule has 3 heterocycles. The van der Waals surface area contributed by atoms with Crippen LogP contribution in [0.4, 0.5) is 0 Å². The first-order valence-electron chi connectivity index (χ1n) is 13.6. The molecule has 0 radical (unpaired) electrons. The highest BCUT2D eigenvalue weighted by Gasteiger charge is 2.55. The van der Waals surface area contributed by atoms with Crippen molar-refractivity contribution in [1.29, 1.82) is 0 Å². The monoisotopic (exact) mass is 618 g/mol. The lowest BCUT2D eigenvalue weighted by molar-refractivity contribution is -0.149. The Kier molecular flexibility index (Phi) is 9.90. The fraction of sp³-hybridized carbons (Fsp3) is 0.538. The van der Waals surface area contributed by atoms with E-state index >= 15 is 0 Å². The van der Waals surface area contributed by atoms with Crippen LogP contribution >= 0.6 is 7.75 Å². The second-order valence-electron chi connectivity index (χ2n) is 10.3. The Balaban J connectivity index is 1.63.